The quantitative estimate of drug-likeness (QED) is 0.723. The van der Waals surface area contributed by atoms with Crippen molar-refractivity contribution in [3.05, 3.63) is 0 Å². The number of amides is 2. The predicted octanol–water partition coefficient (Wildman–Crippen LogP) is 0.293. The number of hydrogen-bond donors (Lipinski definition) is 1. The Bertz CT molecular complexity index is 333. The van der Waals surface area contributed by atoms with Crippen molar-refractivity contribution in [2.45, 2.75) is 20.3 Å². The van der Waals surface area contributed by atoms with Crippen LogP contribution in [0.5, 0.6) is 0 Å². The molecule has 0 aromatic heterocycles. The molecule has 6 heteroatoms. The second kappa shape index (κ2) is 7.41. The van der Waals surface area contributed by atoms with Crippen LogP contribution in [0.25, 0.3) is 0 Å². The highest BCUT2D eigenvalue weighted by atomic mass is 32.2. The highest BCUT2D eigenvalue weighted by Crippen LogP contribution is 2.15. The molecule has 1 saturated heterocycles. The molecule has 18 heavy (non-hydrogen) atoms. The fraction of sp³-hybridized carbons (Fsp3) is 0.750. The predicted molar refractivity (Wildman–Crippen MR) is 71.4 cm³/mol. The van der Waals surface area contributed by atoms with E-state index >= 15 is 0 Å². The monoisotopic (exact) mass is 272 g/mol. The van der Waals surface area contributed by atoms with E-state index in [0.717, 1.165) is 6.54 Å². The van der Waals surface area contributed by atoms with Crippen LogP contribution in [-0.4, -0.2) is 53.6 Å². The molecule has 1 aliphatic rings. The van der Waals surface area contributed by atoms with Crippen molar-refractivity contribution in [1.82, 2.24) is 10.2 Å². The molecule has 0 aromatic carbocycles. The van der Waals surface area contributed by atoms with Gasteiger partial charge in [-0.1, -0.05) is 6.92 Å². The van der Waals surface area contributed by atoms with E-state index in [4.69, 9.17) is 0 Å². The third kappa shape index (κ3) is 5.53. The maximum Gasteiger partial charge on any atom is 0.230 e. The van der Waals surface area contributed by atoms with Crippen molar-refractivity contribution in [3.8, 4) is 0 Å². The van der Waals surface area contributed by atoms with E-state index in [9.17, 15) is 14.4 Å². The van der Waals surface area contributed by atoms with Crippen molar-refractivity contribution >= 4 is 29.4 Å². The SMILES string of the molecule is CC(=O)CSCC(=O)NCCN1C[C@H](C)CC1=O. The summed E-state index contributed by atoms with van der Waals surface area (Å²) in [6.07, 6.45) is 0.614. The van der Waals surface area contributed by atoms with E-state index < -0.39 is 0 Å². The number of ketones is 1. The van der Waals surface area contributed by atoms with Crippen LogP contribution in [0.2, 0.25) is 0 Å². The standard InChI is InChI=1S/C12H20N2O3S/c1-9-5-12(17)14(6-9)4-3-13-11(16)8-18-7-10(2)15/h9H,3-8H2,1-2H3,(H,13,16)/t9-/m1/s1. The molecule has 1 N–H and O–H groups in total. The molecule has 0 aliphatic carbocycles. The second-order valence-electron chi connectivity index (χ2n) is 4.69. The third-order valence-electron chi connectivity index (χ3n) is 2.65. The number of carbonyl (C=O) groups is 3. The van der Waals surface area contributed by atoms with Gasteiger partial charge in [-0.25, -0.2) is 0 Å². The molecule has 0 saturated carbocycles. The van der Waals surface area contributed by atoms with E-state index in [1.807, 2.05) is 0 Å². The Morgan fingerprint density at radius 1 is 1.44 bits per heavy atom. The van der Waals surface area contributed by atoms with E-state index in [1.54, 1.807) is 4.90 Å². The van der Waals surface area contributed by atoms with Crippen molar-refractivity contribution in [3.63, 3.8) is 0 Å². The lowest BCUT2D eigenvalue weighted by Gasteiger charge is -2.16. The van der Waals surface area contributed by atoms with Gasteiger partial charge in [0.05, 0.1) is 11.5 Å². The summed E-state index contributed by atoms with van der Waals surface area (Å²) in [6, 6.07) is 0. The van der Waals surface area contributed by atoms with Crippen molar-refractivity contribution in [1.29, 1.82) is 0 Å². The first kappa shape index (κ1) is 15.0. The number of Topliss-reactive ketones (excluding diaryl/α,β-unsaturated/α-hetero) is 1. The molecule has 0 bridgehead atoms. The van der Waals surface area contributed by atoms with Crippen LogP contribution in [0.3, 0.4) is 0 Å². The molecule has 102 valence electrons. The summed E-state index contributed by atoms with van der Waals surface area (Å²) in [6.45, 7) is 5.40. The first-order valence-corrected chi connectivity index (χ1v) is 7.26. The van der Waals surface area contributed by atoms with Gasteiger partial charge >= 0.3 is 0 Å². The lowest BCUT2D eigenvalue weighted by Crippen LogP contribution is -2.36. The van der Waals surface area contributed by atoms with E-state index in [1.165, 1.54) is 18.7 Å². The molecule has 1 rings (SSSR count). The molecule has 0 aromatic rings. The maximum atomic E-state index is 11.5. The van der Waals surface area contributed by atoms with Crippen LogP contribution in [0.4, 0.5) is 0 Å². The van der Waals surface area contributed by atoms with Gasteiger partial charge in [0.1, 0.15) is 5.78 Å². The molecule has 1 atom stereocenters. The average molecular weight is 272 g/mol. The number of carbonyl (C=O) groups excluding carboxylic acids is 3. The normalized spacial score (nSPS) is 19.1. The van der Waals surface area contributed by atoms with Crippen LogP contribution in [-0.2, 0) is 14.4 Å². The zero-order valence-corrected chi connectivity index (χ0v) is 11.7. The van der Waals surface area contributed by atoms with Gasteiger partial charge in [-0.05, 0) is 12.8 Å². The summed E-state index contributed by atoms with van der Waals surface area (Å²) in [5.41, 5.74) is 0. The van der Waals surface area contributed by atoms with Crippen LogP contribution in [0.1, 0.15) is 20.3 Å². The average Bonchev–Trinajstić information content (AvgIpc) is 2.57. The van der Waals surface area contributed by atoms with Gasteiger partial charge in [-0.15, -0.1) is 11.8 Å². The minimum absolute atomic E-state index is 0.0736. The lowest BCUT2D eigenvalue weighted by molar-refractivity contribution is -0.128. The molecule has 0 unspecified atom stereocenters. The molecule has 5 nitrogen and oxygen atoms in total. The summed E-state index contributed by atoms with van der Waals surface area (Å²) in [4.78, 5) is 35.3. The Morgan fingerprint density at radius 3 is 2.72 bits per heavy atom. The zero-order valence-electron chi connectivity index (χ0n) is 10.9. The molecular weight excluding hydrogens is 252 g/mol. The third-order valence-corrected chi connectivity index (χ3v) is 3.73. The molecule has 0 radical (unpaired) electrons. The number of likely N-dealkylation sites (tertiary alicyclic amines) is 1. The molecule has 1 heterocycles. The van der Waals surface area contributed by atoms with Crippen LogP contribution in [0.15, 0.2) is 0 Å². The first-order chi connectivity index (χ1) is 8.49. The summed E-state index contributed by atoms with van der Waals surface area (Å²) < 4.78 is 0. The molecular formula is C12H20N2O3S. The number of thioether (sulfide) groups is 1. The van der Waals surface area contributed by atoms with Crippen molar-refractivity contribution in [2.75, 3.05) is 31.1 Å². The Kier molecular flexibility index (Phi) is 6.18. The van der Waals surface area contributed by atoms with Crippen molar-refractivity contribution < 1.29 is 14.4 Å². The molecule has 1 fully saturated rings. The Labute approximate surface area is 112 Å². The van der Waals surface area contributed by atoms with Crippen LogP contribution in [0, 0.1) is 5.92 Å². The second-order valence-corrected chi connectivity index (χ2v) is 5.68. The van der Waals surface area contributed by atoms with Gasteiger partial charge < -0.3 is 10.2 Å². The molecule has 2 amide bonds. The maximum absolute atomic E-state index is 11.5. The van der Waals surface area contributed by atoms with Gasteiger partial charge in [-0.3, -0.25) is 14.4 Å². The molecule has 0 spiro atoms. The Balaban J connectivity index is 2.08. The summed E-state index contributed by atoms with van der Waals surface area (Å²) in [7, 11) is 0. The fourth-order valence-corrected chi connectivity index (χ4v) is 2.53. The highest BCUT2D eigenvalue weighted by Gasteiger charge is 2.25. The van der Waals surface area contributed by atoms with Crippen LogP contribution < -0.4 is 5.32 Å². The van der Waals surface area contributed by atoms with E-state index in [0.29, 0.717) is 36.9 Å². The van der Waals surface area contributed by atoms with Gasteiger partial charge in [0.25, 0.3) is 0 Å². The minimum atomic E-state index is -0.0825. The van der Waals surface area contributed by atoms with Gasteiger partial charge in [0.15, 0.2) is 0 Å². The van der Waals surface area contributed by atoms with Gasteiger partial charge in [0, 0.05) is 26.1 Å². The number of rotatable bonds is 7. The summed E-state index contributed by atoms with van der Waals surface area (Å²) in [5.74, 6) is 1.24. The topological polar surface area (TPSA) is 66.5 Å². The highest BCUT2D eigenvalue weighted by molar-refractivity contribution is 8.00. The zero-order chi connectivity index (χ0) is 13.5. The Morgan fingerprint density at radius 2 is 2.17 bits per heavy atom. The number of hydrogen-bond acceptors (Lipinski definition) is 4. The number of nitrogens with zero attached hydrogens (tertiary/aromatic N) is 1. The van der Waals surface area contributed by atoms with E-state index in [2.05, 4.69) is 12.2 Å². The van der Waals surface area contributed by atoms with Gasteiger partial charge in [-0.2, -0.15) is 0 Å². The van der Waals surface area contributed by atoms with Crippen LogP contribution >= 0.6 is 11.8 Å². The largest absolute Gasteiger partial charge is 0.354 e. The molecule has 1 aliphatic heterocycles. The fourth-order valence-electron chi connectivity index (χ4n) is 1.85. The first-order valence-electron chi connectivity index (χ1n) is 6.10. The minimum Gasteiger partial charge on any atom is -0.354 e. The summed E-state index contributed by atoms with van der Waals surface area (Å²) >= 11 is 1.31. The Hall–Kier alpha value is -1.04. The van der Waals surface area contributed by atoms with Gasteiger partial charge in [0.2, 0.25) is 11.8 Å². The number of nitrogens with one attached hydrogen (secondary N) is 1. The van der Waals surface area contributed by atoms with E-state index in [-0.39, 0.29) is 17.6 Å². The summed E-state index contributed by atoms with van der Waals surface area (Å²) in [5, 5.41) is 2.75. The smallest absolute Gasteiger partial charge is 0.230 e. The lowest BCUT2D eigenvalue weighted by atomic mass is 10.2. The van der Waals surface area contributed by atoms with Crippen molar-refractivity contribution in [2.24, 2.45) is 5.92 Å².